The molecule has 0 amide bonds. The van der Waals surface area contributed by atoms with E-state index in [2.05, 4.69) is 44.0 Å². The molecule has 0 saturated carbocycles. The first-order chi connectivity index (χ1) is 6.77. The molecular weight excluding hydrogens is 228 g/mol. The van der Waals surface area contributed by atoms with Crippen LogP contribution in [-0.4, -0.2) is 6.26 Å². The van der Waals surface area contributed by atoms with Gasteiger partial charge < -0.3 is 0 Å². The maximum absolute atomic E-state index is 4.58. The maximum Gasteiger partial charge on any atom is 0.0492 e. The molecule has 74 valence electrons. The number of rotatable bonds is 2. The standard InChI is InChI=1S/C11H12S3/c1-3-8-10(12)7-5-4-6-9(13-2)11(7)14-8/h4-6,12H,3H2,1-2H3. The molecule has 0 spiro atoms. The van der Waals surface area contributed by atoms with Crippen LogP contribution in [0.1, 0.15) is 11.8 Å². The van der Waals surface area contributed by atoms with Crippen LogP contribution < -0.4 is 0 Å². The fourth-order valence-electron chi connectivity index (χ4n) is 1.53. The lowest BCUT2D eigenvalue weighted by molar-refractivity contribution is 1.15. The summed E-state index contributed by atoms with van der Waals surface area (Å²) in [6.07, 6.45) is 3.20. The summed E-state index contributed by atoms with van der Waals surface area (Å²) in [7, 11) is 0. The van der Waals surface area contributed by atoms with Gasteiger partial charge in [-0.05, 0) is 18.7 Å². The van der Waals surface area contributed by atoms with Gasteiger partial charge >= 0.3 is 0 Å². The third kappa shape index (κ3) is 1.58. The van der Waals surface area contributed by atoms with E-state index in [-0.39, 0.29) is 0 Å². The molecular formula is C11H12S3. The van der Waals surface area contributed by atoms with Crippen molar-refractivity contribution < 1.29 is 0 Å². The number of hydrogen-bond acceptors (Lipinski definition) is 3. The molecule has 0 radical (unpaired) electrons. The minimum Gasteiger partial charge on any atom is -0.142 e. The highest BCUT2D eigenvalue weighted by Crippen LogP contribution is 2.39. The summed E-state index contributed by atoms with van der Waals surface area (Å²) in [5.74, 6) is 0. The third-order valence-corrected chi connectivity index (χ3v) is 5.22. The van der Waals surface area contributed by atoms with Crippen LogP contribution in [0.5, 0.6) is 0 Å². The fraction of sp³-hybridized carbons (Fsp3) is 0.273. The van der Waals surface area contributed by atoms with E-state index in [1.807, 2.05) is 23.1 Å². The van der Waals surface area contributed by atoms with Crippen LogP contribution >= 0.6 is 35.7 Å². The molecule has 0 aliphatic rings. The number of thioether (sulfide) groups is 1. The van der Waals surface area contributed by atoms with Crippen LogP contribution in [0.15, 0.2) is 28.0 Å². The SMILES string of the molecule is CCc1sc2c(SC)cccc2c1S. The van der Waals surface area contributed by atoms with Crippen LogP contribution in [0.2, 0.25) is 0 Å². The molecule has 0 aliphatic heterocycles. The van der Waals surface area contributed by atoms with Crippen molar-refractivity contribution in [3.63, 3.8) is 0 Å². The van der Waals surface area contributed by atoms with E-state index >= 15 is 0 Å². The van der Waals surface area contributed by atoms with Gasteiger partial charge in [-0.15, -0.1) is 35.7 Å². The monoisotopic (exact) mass is 240 g/mol. The molecule has 0 unspecified atom stereocenters. The number of thiol groups is 1. The van der Waals surface area contributed by atoms with Gasteiger partial charge in [0.15, 0.2) is 0 Å². The minimum atomic E-state index is 1.08. The van der Waals surface area contributed by atoms with Crippen molar-refractivity contribution >= 4 is 45.8 Å². The average Bonchev–Trinajstić information content (AvgIpc) is 2.55. The summed E-state index contributed by atoms with van der Waals surface area (Å²) < 4.78 is 1.39. The van der Waals surface area contributed by atoms with Crippen molar-refractivity contribution in [2.75, 3.05) is 6.26 Å². The van der Waals surface area contributed by atoms with Gasteiger partial charge in [0.25, 0.3) is 0 Å². The average molecular weight is 240 g/mol. The van der Waals surface area contributed by atoms with Gasteiger partial charge in [0, 0.05) is 24.8 Å². The molecule has 1 heterocycles. The summed E-state index contributed by atoms with van der Waals surface area (Å²) in [6, 6.07) is 6.45. The van der Waals surface area contributed by atoms with E-state index < -0.39 is 0 Å². The van der Waals surface area contributed by atoms with Gasteiger partial charge in [-0.3, -0.25) is 0 Å². The van der Waals surface area contributed by atoms with Gasteiger partial charge in [0.05, 0.1) is 0 Å². The van der Waals surface area contributed by atoms with Crippen molar-refractivity contribution in [3.05, 3.63) is 23.1 Å². The van der Waals surface area contributed by atoms with Gasteiger partial charge in [0.2, 0.25) is 0 Å². The van der Waals surface area contributed by atoms with Crippen molar-refractivity contribution in [3.8, 4) is 0 Å². The van der Waals surface area contributed by atoms with Gasteiger partial charge in [-0.1, -0.05) is 19.1 Å². The van der Waals surface area contributed by atoms with Crippen LogP contribution in [-0.2, 0) is 6.42 Å². The second-order valence-corrected chi connectivity index (χ2v) is 5.46. The lowest BCUT2D eigenvalue weighted by Crippen LogP contribution is -1.72. The number of hydrogen-bond donors (Lipinski definition) is 1. The lowest BCUT2D eigenvalue weighted by Gasteiger charge is -1.97. The molecule has 0 saturated heterocycles. The zero-order chi connectivity index (χ0) is 10.1. The van der Waals surface area contributed by atoms with E-state index in [9.17, 15) is 0 Å². The first-order valence-corrected chi connectivity index (χ1v) is 7.04. The molecule has 2 rings (SSSR count). The summed E-state index contributed by atoms with van der Waals surface area (Å²) in [5.41, 5.74) is 0. The van der Waals surface area contributed by atoms with Crippen molar-refractivity contribution in [1.82, 2.24) is 0 Å². The first kappa shape index (κ1) is 10.4. The van der Waals surface area contributed by atoms with Gasteiger partial charge in [-0.2, -0.15) is 0 Å². The predicted octanol–water partition coefficient (Wildman–Crippen LogP) is 4.47. The molecule has 0 atom stereocenters. The minimum absolute atomic E-state index is 1.08. The summed E-state index contributed by atoms with van der Waals surface area (Å²) >= 11 is 8.27. The van der Waals surface area contributed by atoms with E-state index in [0.29, 0.717) is 0 Å². The van der Waals surface area contributed by atoms with Crippen LogP contribution in [0.4, 0.5) is 0 Å². The quantitative estimate of drug-likeness (QED) is 0.597. The Labute approximate surface area is 98.1 Å². The van der Waals surface area contributed by atoms with Crippen LogP contribution in [0, 0.1) is 0 Å². The second-order valence-electron chi connectivity index (χ2n) is 3.06. The van der Waals surface area contributed by atoms with Gasteiger partial charge in [0.1, 0.15) is 0 Å². The second kappa shape index (κ2) is 4.17. The molecule has 2 aromatic rings. The number of thiophene rings is 1. The molecule has 14 heavy (non-hydrogen) atoms. The van der Waals surface area contributed by atoms with E-state index in [1.165, 1.54) is 24.8 Å². The Hall–Kier alpha value is -0.120. The highest BCUT2D eigenvalue weighted by atomic mass is 32.2. The number of benzene rings is 1. The topological polar surface area (TPSA) is 0 Å². The predicted molar refractivity (Wildman–Crippen MR) is 70.2 cm³/mol. The van der Waals surface area contributed by atoms with Gasteiger partial charge in [-0.25, -0.2) is 0 Å². The zero-order valence-corrected chi connectivity index (χ0v) is 10.7. The molecule has 0 aliphatic carbocycles. The summed E-state index contributed by atoms with van der Waals surface area (Å²) in [5, 5.41) is 1.31. The Morgan fingerprint density at radius 2 is 2.21 bits per heavy atom. The van der Waals surface area contributed by atoms with Crippen molar-refractivity contribution in [2.24, 2.45) is 0 Å². The zero-order valence-electron chi connectivity index (χ0n) is 8.20. The molecule has 0 bridgehead atoms. The third-order valence-electron chi connectivity index (χ3n) is 2.26. The first-order valence-electron chi connectivity index (χ1n) is 4.55. The Morgan fingerprint density at radius 1 is 1.43 bits per heavy atom. The van der Waals surface area contributed by atoms with Crippen LogP contribution in [0.3, 0.4) is 0 Å². The largest absolute Gasteiger partial charge is 0.142 e. The lowest BCUT2D eigenvalue weighted by atomic mass is 10.2. The van der Waals surface area contributed by atoms with E-state index in [0.717, 1.165) is 6.42 Å². The summed E-state index contributed by atoms with van der Waals surface area (Å²) in [6.45, 7) is 2.18. The molecule has 0 nitrogen and oxygen atoms in total. The van der Waals surface area contributed by atoms with Crippen LogP contribution in [0.25, 0.3) is 10.1 Å². The molecule has 3 heteroatoms. The number of aryl methyl sites for hydroxylation is 1. The Bertz CT molecular complexity index is 457. The van der Waals surface area contributed by atoms with E-state index in [4.69, 9.17) is 0 Å². The highest BCUT2D eigenvalue weighted by Gasteiger charge is 2.09. The Morgan fingerprint density at radius 3 is 2.86 bits per heavy atom. The Kier molecular flexibility index (Phi) is 3.10. The maximum atomic E-state index is 4.58. The van der Waals surface area contributed by atoms with Crippen molar-refractivity contribution in [2.45, 2.75) is 23.1 Å². The molecule has 1 aromatic heterocycles. The molecule has 0 N–H and O–H groups in total. The smallest absolute Gasteiger partial charge is 0.0492 e. The molecule has 1 aromatic carbocycles. The highest BCUT2D eigenvalue weighted by molar-refractivity contribution is 7.99. The Balaban J connectivity index is 2.77. The molecule has 0 fully saturated rings. The normalized spacial score (nSPS) is 11.1. The van der Waals surface area contributed by atoms with Crippen molar-refractivity contribution in [1.29, 1.82) is 0 Å². The van der Waals surface area contributed by atoms with E-state index in [1.54, 1.807) is 0 Å². The fourth-order valence-corrected chi connectivity index (χ4v) is 4.02. The summed E-state index contributed by atoms with van der Waals surface area (Å²) in [4.78, 5) is 3.93. The number of fused-ring (bicyclic) bond motifs is 1.